The summed E-state index contributed by atoms with van der Waals surface area (Å²) in [5, 5.41) is -0.561. The highest BCUT2D eigenvalue weighted by Gasteiger charge is 2.19. The summed E-state index contributed by atoms with van der Waals surface area (Å²) in [7, 11) is -3.46. The van der Waals surface area contributed by atoms with Gasteiger partial charge in [0, 0.05) is 5.69 Å². The molecule has 1 amide bonds. The number of hydrogen-bond donors (Lipinski definition) is 3. The number of carbonyl (C=O) groups is 1. The van der Waals surface area contributed by atoms with Crippen LogP contribution in [0.4, 0.5) is 11.4 Å². The first-order chi connectivity index (χ1) is 8.70. The van der Waals surface area contributed by atoms with Crippen molar-refractivity contribution in [2.24, 2.45) is 5.73 Å². The molecule has 19 heavy (non-hydrogen) atoms. The van der Waals surface area contributed by atoms with Gasteiger partial charge in [0.05, 0.1) is 16.5 Å². The Kier molecular flexibility index (Phi) is 4.41. The number of nitrogens with one attached hydrogen (secondary N) is 1. The second-order valence-corrected chi connectivity index (χ2v) is 6.70. The van der Waals surface area contributed by atoms with Crippen molar-refractivity contribution in [3.8, 4) is 0 Å². The molecule has 0 saturated carbocycles. The predicted octanol–water partition coefficient (Wildman–Crippen LogP) is 1.08. The van der Waals surface area contributed by atoms with Crippen molar-refractivity contribution in [3.63, 3.8) is 0 Å². The Morgan fingerprint density at radius 2 is 1.95 bits per heavy atom. The molecular formula is C12H19N3O3S. The standard InChI is InChI=1S/C12H19N3O3S/c1-4-8-10(15-19(17,18)7(2)3)6-5-9(11(8)13)12(14)16/h5-7,15H,4,13H2,1-3H3,(H2,14,16). The van der Waals surface area contributed by atoms with Crippen LogP contribution in [-0.2, 0) is 16.4 Å². The number of anilines is 2. The molecule has 0 unspecified atom stereocenters. The van der Waals surface area contributed by atoms with Crippen molar-refractivity contribution in [1.82, 2.24) is 0 Å². The molecule has 1 aromatic rings. The lowest BCUT2D eigenvalue weighted by molar-refractivity contribution is 0.100. The molecular weight excluding hydrogens is 266 g/mol. The van der Waals surface area contributed by atoms with E-state index in [9.17, 15) is 13.2 Å². The van der Waals surface area contributed by atoms with Crippen LogP contribution in [0.5, 0.6) is 0 Å². The predicted molar refractivity (Wildman–Crippen MR) is 76.4 cm³/mol. The third kappa shape index (κ3) is 3.17. The smallest absolute Gasteiger partial charge is 0.250 e. The van der Waals surface area contributed by atoms with Gasteiger partial charge in [-0.1, -0.05) is 6.92 Å². The third-order valence-corrected chi connectivity index (χ3v) is 4.59. The molecule has 0 aromatic heterocycles. The summed E-state index contributed by atoms with van der Waals surface area (Å²) in [6, 6.07) is 2.93. The van der Waals surface area contributed by atoms with E-state index >= 15 is 0 Å². The zero-order valence-corrected chi connectivity index (χ0v) is 12.0. The molecule has 0 saturated heterocycles. The number of hydrogen-bond acceptors (Lipinski definition) is 4. The van der Waals surface area contributed by atoms with Crippen molar-refractivity contribution in [2.45, 2.75) is 32.4 Å². The van der Waals surface area contributed by atoms with E-state index < -0.39 is 21.2 Å². The topological polar surface area (TPSA) is 115 Å². The molecule has 5 N–H and O–H groups in total. The SMILES string of the molecule is CCc1c(NS(=O)(=O)C(C)C)ccc(C(N)=O)c1N. The van der Waals surface area contributed by atoms with E-state index in [0.29, 0.717) is 17.7 Å². The number of rotatable bonds is 5. The average molecular weight is 285 g/mol. The molecule has 1 rings (SSSR count). The van der Waals surface area contributed by atoms with Crippen LogP contribution in [0, 0.1) is 0 Å². The fourth-order valence-electron chi connectivity index (χ4n) is 1.63. The van der Waals surface area contributed by atoms with Gasteiger partial charge in [-0.2, -0.15) is 0 Å². The lowest BCUT2D eigenvalue weighted by atomic mass is 10.0. The van der Waals surface area contributed by atoms with Crippen LogP contribution in [0.2, 0.25) is 0 Å². The Labute approximate surface area is 113 Å². The van der Waals surface area contributed by atoms with Crippen LogP contribution in [0.3, 0.4) is 0 Å². The number of nitrogen functional groups attached to an aromatic ring is 1. The van der Waals surface area contributed by atoms with Crippen LogP contribution in [0.1, 0.15) is 36.7 Å². The molecule has 0 atom stereocenters. The molecule has 1 aromatic carbocycles. The van der Waals surface area contributed by atoms with Gasteiger partial charge in [0.15, 0.2) is 0 Å². The van der Waals surface area contributed by atoms with E-state index in [-0.39, 0.29) is 11.3 Å². The zero-order chi connectivity index (χ0) is 14.8. The van der Waals surface area contributed by atoms with Gasteiger partial charge in [-0.25, -0.2) is 8.42 Å². The van der Waals surface area contributed by atoms with Gasteiger partial charge >= 0.3 is 0 Å². The highest BCUT2D eigenvalue weighted by Crippen LogP contribution is 2.27. The maximum Gasteiger partial charge on any atom is 0.250 e. The lowest BCUT2D eigenvalue weighted by Crippen LogP contribution is -2.24. The summed E-state index contributed by atoms with van der Waals surface area (Å²) < 4.78 is 26.2. The van der Waals surface area contributed by atoms with E-state index in [0.717, 1.165) is 0 Å². The van der Waals surface area contributed by atoms with E-state index in [2.05, 4.69) is 4.72 Å². The molecule has 0 spiro atoms. The molecule has 0 heterocycles. The first-order valence-electron chi connectivity index (χ1n) is 5.93. The first kappa shape index (κ1) is 15.3. The van der Waals surface area contributed by atoms with E-state index in [1.54, 1.807) is 13.8 Å². The maximum atomic E-state index is 11.9. The number of nitrogens with two attached hydrogens (primary N) is 2. The van der Waals surface area contributed by atoms with Gasteiger partial charge in [0.25, 0.3) is 5.91 Å². The number of sulfonamides is 1. The van der Waals surface area contributed by atoms with Crippen LogP contribution in [-0.4, -0.2) is 19.6 Å². The number of carbonyl (C=O) groups excluding carboxylic acids is 1. The van der Waals surface area contributed by atoms with Crippen molar-refractivity contribution in [2.75, 3.05) is 10.5 Å². The second-order valence-electron chi connectivity index (χ2n) is 4.47. The van der Waals surface area contributed by atoms with Crippen molar-refractivity contribution < 1.29 is 13.2 Å². The maximum absolute atomic E-state index is 11.9. The molecule has 7 heteroatoms. The quantitative estimate of drug-likeness (QED) is 0.702. The van der Waals surface area contributed by atoms with Crippen LogP contribution in [0.25, 0.3) is 0 Å². The molecule has 0 aliphatic carbocycles. The first-order valence-corrected chi connectivity index (χ1v) is 7.48. The highest BCUT2D eigenvalue weighted by atomic mass is 32.2. The number of amides is 1. The highest BCUT2D eigenvalue weighted by molar-refractivity contribution is 7.93. The fourth-order valence-corrected chi connectivity index (χ4v) is 2.36. The van der Waals surface area contributed by atoms with E-state index in [1.165, 1.54) is 12.1 Å². The monoisotopic (exact) mass is 285 g/mol. The molecule has 106 valence electrons. The molecule has 0 bridgehead atoms. The summed E-state index contributed by atoms with van der Waals surface area (Å²) in [5.74, 6) is -0.634. The number of benzene rings is 1. The summed E-state index contributed by atoms with van der Waals surface area (Å²) >= 11 is 0. The number of primary amides is 1. The fraction of sp³-hybridized carbons (Fsp3) is 0.417. The van der Waals surface area contributed by atoms with Crippen molar-refractivity contribution >= 4 is 27.3 Å². The van der Waals surface area contributed by atoms with Crippen LogP contribution in [0.15, 0.2) is 12.1 Å². The van der Waals surface area contributed by atoms with E-state index in [4.69, 9.17) is 11.5 Å². The minimum absolute atomic E-state index is 0.198. The second kappa shape index (κ2) is 5.48. The van der Waals surface area contributed by atoms with Gasteiger partial charge < -0.3 is 11.5 Å². The molecule has 0 fully saturated rings. The molecule has 0 radical (unpaired) electrons. The average Bonchev–Trinajstić information content (AvgIpc) is 2.28. The minimum atomic E-state index is -3.46. The largest absolute Gasteiger partial charge is 0.398 e. The van der Waals surface area contributed by atoms with Gasteiger partial charge in [-0.15, -0.1) is 0 Å². The molecule has 0 aliphatic heterocycles. The normalized spacial score (nSPS) is 11.6. The summed E-state index contributed by atoms with van der Waals surface area (Å²) in [5.41, 5.74) is 12.4. The third-order valence-electron chi connectivity index (χ3n) is 2.85. The van der Waals surface area contributed by atoms with Crippen molar-refractivity contribution in [3.05, 3.63) is 23.3 Å². The van der Waals surface area contributed by atoms with Gasteiger partial charge in [0.2, 0.25) is 10.0 Å². The summed E-state index contributed by atoms with van der Waals surface area (Å²) in [4.78, 5) is 11.2. The Balaban J connectivity index is 3.32. The Morgan fingerprint density at radius 3 is 2.37 bits per heavy atom. The minimum Gasteiger partial charge on any atom is -0.398 e. The van der Waals surface area contributed by atoms with Gasteiger partial charge in [-0.3, -0.25) is 9.52 Å². The zero-order valence-electron chi connectivity index (χ0n) is 11.2. The van der Waals surface area contributed by atoms with E-state index in [1.807, 2.05) is 6.92 Å². The van der Waals surface area contributed by atoms with Crippen molar-refractivity contribution in [1.29, 1.82) is 0 Å². The molecule has 0 aliphatic rings. The Morgan fingerprint density at radius 1 is 1.37 bits per heavy atom. The Hall–Kier alpha value is -1.76. The lowest BCUT2D eigenvalue weighted by Gasteiger charge is -2.16. The summed E-state index contributed by atoms with van der Waals surface area (Å²) in [6.07, 6.45) is 0.489. The van der Waals surface area contributed by atoms with Crippen LogP contribution >= 0.6 is 0 Å². The van der Waals surface area contributed by atoms with Gasteiger partial charge in [-0.05, 0) is 38.0 Å². The van der Waals surface area contributed by atoms with Crippen LogP contribution < -0.4 is 16.2 Å². The Bertz CT molecular complexity index is 594. The molecule has 6 nitrogen and oxygen atoms in total. The van der Waals surface area contributed by atoms with Gasteiger partial charge in [0.1, 0.15) is 0 Å². The summed E-state index contributed by atoms with van der Waals surface area (Å²) in [6.45, 7) is 4.98.